The minimum Gasteiger partial charge on any atom is -0.495 e. The lowest BCUT2D eigenvalue weighted by atomic mass is 10.0. The molecule has 1 aliphatic rings. The van der Waals surface area contributed by atoms with Crippen molar-refractivity contribution in [2.75, 3.05) is 52.8 Å². The van der Waals surface area contributed by atoms with Crippen molar-refractivity contribution in [3.05, 3.63) is 28.6 Å². The predicted molar refractivity (Wildman–Crippen MR) is 149 cm³/mol. The SMILES string of the molecule is COc1ccc(OC)c2sc(N(CCCN(C)C)C(=O)C3CCCCN3S(=O)(=O)c3ccc(Cl)s3)nc12. The smallest absolute Gasteiger partial charge is 0.253 e. The molecule has 1 atom stereocenters. The second-order valence-electron chi connectivity index (χ2n) is 8.98. The van der Waals surface area contributed by atoms with E-state index in [2.05, 4.69) is 0 Å². The summed E-state index contributed by atoms with van der Waals surface area (Å²) in [5.41, 5.74) is 0.605. The van der Waals surface area contributed by atoms with E-state index < -0.39 is 16.1 Å². The molecule has 1 fully saturated rings. The van der Waals surface area contributed by atoms with Crippen molar-refractivity contribution in [2.45, 2.75) is 35.9 Å². The summed E-state index contributed by atoms with van der Waals surface area (Å²) in [6.07, 6.45) is 2.60. The van der Waals surface area contributed by atoms with Crippen LogP contribution < -0.4 is 14.4 Å². The number of hydrogen-bond donors (Lipinski definition) is 0. The van der Waals surface area contributed by atoms with Crippen molar-refractivity contribution in [3.8, 4) is 11.5 Å². The molecule has 1 saturated heterocycles. The van der Waals surface area contributed by atoms with Crippen LogP contribution in [0.4, 0.5) is 5.13 Å². The van der Waals surface area contributed by atoms with E-state index >= 15 is 0 Å². The average molecular weight is 587 g/mol. The van der Waals surface area contributed by atoms with Gasteiger partial charge in [-0.2, -0.15) is 4.31 Å². The van der Waals surface area contributed by atoms with Gasteiger partial charge in [-0.05, 0) is 64.2 Å². The Morgan fingerprint density at radius 3 is 2.49 bits per heavy atom. The van der Waals surface area contributed by atoms with Crippen LogP contribution in [0.5, 0.6) is 11.5 Å². The second-order valence-corrected chi connectivity index (χ2v) is 13.8. The maximum Gasteiger partial charge on any atom is 0.253 e. The molecular formula is C24H31ClN4O5S3. The Hall–Kier alpha value is -1.96. The van der Waals surface area contributed by atoms with Gasteiger partial charge >= 0.3 is 0 Å². The number of rotatable bonds is 10. The second kappa shape index (κ2) is 11.8. The number of anilines is 1. The zero-order valence-electron chi connectivity index (χ0n) is 21.3. The van der Waals surface area contributed by atoms with Gasteiger partial charge in [0.2, 0.25) is 5.91 Å². The topological polar surface area (TPSA) is 92.3 Å². The van der Waals surface area contributed by atoms with E-state index in [4.69, 9.17) is 26.1 Å². The maximum absolute atomic E-state index is 14.1. The Morgan fingerprint density at radius 1 is 1.11 bits per heavy atom. The van der Waals surface area contributed by atoms with Crippen LogP contribution >= 0.6 is 34.3 Å². The summed E-state index contributed by atoms with van der Waals surface area (Å²) >= 11 is 8.37. The standard InChI is InChI=1S/C24H31ClN4O5S3/c1-27(2)13-7-14-28(24-26-21-17(33-3)9-10-18(34-4)22(21)36-24)23(30)16-8-5-6-15-29(16)37(31,32)20-12-11-19(25)35-20/h9-12,16H,5-8,13-15H2,1-4H3. The Bertz CT molecular complexity index is 1320. The highest BCUT2D eigenvalue weighted by molar-refractivity contribution is 7.91. The van der Waals surface area contributed by atoms with E-state index in [9.17, 15) is 13.2 Å². The van der Waals surface area contributed by atoms with E-state index in [1.165, 1.54) is 21.7 Å². The minimum absolute atomic E-state index is 0.144. The number of halogens is 1. The molecule has 0 radical (unpaired) electrons. The third-order valence-electron chi connectivity index (χ3n) is 6.23. The highest BCUT2D eigenvalue weighted by atomic mass is 35.5. The fraction of sp³-hybridized carbons (Fsp3) is 0.500. The third-order valence-corrected chi connectivity index (χ3v) is 10.9. The van der Waals surface area contributed by atoms with Crippen molar-refractivity contribution in [2.24, 2.45) is 0 Å². The van der Waals surface area contributed by atoms with Gasteiger partial charge in [-0.15, -0.1) is 11.3 Å². The number of hydrogen-bond acceptors (Lipinski definition) is 9. The highest BCUT2D eigenvalue weighted by Gasteiger charge is 2.41. The summed E-state index contributed by atoms with van der Waals surface area (Å²) in [5, 5.41) is 0.489. The first kappa shape index (κ1) is 28.1. The lowest BCUT2D eigenvalue weighted by Crippen LogP contribution is -2.53. The summed E-state index contributed by atoms with van der Waals surface area (Å²) in [6.45, 7) is 1.44. The number of ether oxygens (including phenoxy) is 2. The molecule has 4 rings (SSSR count). The van der Waals surface area contributed by atoms with Gasteiger partial charge in [-0.25, -0.2) is 13.4 Å². The van der Waals surface area contributed by atoms with Crippen LogP contribution in [0.2, 0.25) is 4.34 Å². The van der Waals surface area contributed by atoms with E-state index in [0.29, 0.717) is 52.3 Å². The largest absolute Gasteiger partial charge is 0.495 e. The van der Waals surface area contributed by atoms with Crippen molar-refractivity contribution in [1.29, 1.82) is 0 Å². The molecule has 1 aliphatic heterocycles. The molecule has 202 valence electrons. The number of carbonyl (C=O) groups excluding carboxylic acids is 1. The number of thiophene rings is 1. The summed E-state index contributed by atoms with van der Waals surface area (Å²) < 4.78 is 40.8. The van der Waals surface area contributed by atoms with Crippen LogP contribution in [-0.2, 0) is 14.8 Å². The third kappa shape index (κ3) is 5.89. The van der Waals surface area contributed by atoms with Gasteiger partial charge in [-0.1, -0.05) is 29.4 Å². The predicted octanol–water partition coefficient (Wildman–Crippen LogP) is 4.56. The first-order valence-corrected chi connectivity index (χ1v) is 15.4. The Balaban J connectivity index is 1.74. The van der Waals surface area contributed by atoms with Crippen molar-refractivity contribution in [3.63, 3.8) is 0 Å². The molecule has 0 N–H and O–H groups in total. The van der Waals surface area contributed by atoms with E-state index in [0.717, 1.165) is 29.0 Å². The van der Waals surface area contributed by atoms with Crippen LogP contribution in [0.1, 0.15) is 25.7 Å². The number of methoxy groups -OCH3 is 2. The van der Waals surface area contributed by atoms with Gasteiger partial charge in [0.15, 0.2) is 5.13 Å². The van der Waals surface area contributed by atoms with E-state index in [1.54, 1.807) is 31.3 Å². The minimum atomic E-state index is -3.88. The highest BCUT2D eigenvalue weighted by Crippen LogP contribution is 2.41. The zero-order chi connectivity index (χ0) is 26.7. The number of amides is 1. The van der Waals surface area contributed by atoms with Gasteiger partial charge in [0.1, 0.15) is 32.0 Å². The Morgan fingerprint density at radius 2 is 1.84 bits per heavy atom. The molecule has 0 spiro atoms. The Labute approximate surface area is 230 Å². The summed E-state index contributed by atoms with van der Waals surface area (Å²) in [5.74, 6) is 0.939. The van der Waals surface area contributed by atoms with Crippen molar-refractivity contribution >= 4 is 65.6 Å². The molecule has 2 aromatic heterocycles. The fourth-order valence-electron chi connectivity index (χ4n) is 4.41. The quantitative estimate of drug-likeness (QED) is 0.344. The van der Waals surface area contributed by atoms with Crippen molar-refractivity contribution in [1.82, 2.24) is 14.2 Å². The van der Waals surface area contributed by atoms with Gasteiger partial charge in [-0.3, -0.25) is 9.69 Å². The molecule has 1 unspecified atom stereocenters. The molecule has 0 saturated carbocycles. The lowest BCUT2D eigenvalue weighted by molar-refractivity contribution is -0.123. The Kier molecular flexibility index (Phi) is 8.97. The molecule has 0 bridgehead atoms. The van der Waals surface area contributed by atoms with Gasteiger partial charge in [0.25, 0.3) is 10.0 Å². The first-order chi connectivity index (χ1) is 17.7. The van der Waals surface area contributed by atoms with Crippen molar-refractivity contribution < 1.29 is 22.7 Å². The van der Waals surface area contributed by atoms with Crippen LogP contribution in [0.3, 0.4) is 0 Å². The number of benzene rings is 1. The maximum atomic E-state index is 14.1. The molecule has 1 amide bonds. The molecule has 9 nitrogen and oxygen atoms in total. The number of nitrogens with zero attached hydrogens (tertiary/aromatic N) is 4. The molecule has 1 aromatic carbocycles. The summed E-state index contributed by atoms with van der Waals surface area (Å²) in [7, 11) is 3.23. The number of aromatic nitrogens is 1. The zero-order valence-corrected chi connectivity index (χ0v) is 24.5. The number of fused-ring (bicyclic) bond motifs is 1. The van der Waals surface area contributed by atoms with Gasteiger partial charge in [0, 0.05) is 13.1 Å². The number of thiazole rings is 1. The van der Waals surface area contributed by atoms with Crippen LogP contribution in [0, 0.1) is 0 Å². The number of carbonyl (C=O) groups is 1. The van der Waals surface area contributed by atoms with Crippen LogP contribution in [-0.4, -0.2) is 82.5 Å². The molecule has 3 heterocycles. The van der Waals surface area contributed by atoms with Gasteiger partial charge < -0.3 is 14.4 Å². The molecule has 0 aliphatic carbocycles. The molecular weight excluding hydrogens is 556 g/mol. The van der Waals surface area contributed by atoms with E-state index in [-0.39, 0.29) is 16.7 Å². The summed E-state index contributed by atoms with van der Waals surface area (Å²) in [4.78, 5) is 22.6. The normalized spacial score (nSPS) is 16.9. The number of piperidine rings is 1. The van der Waals surface area contributed by atoms with E-state index in [1.807, 2.05) is 25.1 Å². The average Bonchev–Trinajstić information content (AvgIpc) is 3.52. The molecule has 13 heteroatoms. The monoisotopic (exact) mass is 586 g/mol. The lowest BCUT2D eigenvalue weighted by Gasteiger charge is -2.36. The number of sulfonamides is 1. The van der Waals surface area contributed by atoms with Crippen LogP contribution in [0.15, 0.2) is 28.5 Å². The molecule has 37 heavy (non-hydrogen) atoms. The summed E-state index contributed by atoms with van der Waals surface area (Å²) in [6, 6.07) is 5.83. The first-order valence-electron chi connectivity index (χ1n) is 11.9. The van der Waals surface area contributed by atoms with Crippen LogP contribution in [0.25, 0.3) is 10.2 Å². The molecule has 3 aromatic rings. The van der Waals surface area contributed by atoms with Gasteiger partial charge in [0.05, 0.1) is 18.6 Å². The fourth-order valence-corrected chi connectivity index (χ4v) is 8.77.